The molecule has 0 saturated carbocycles. The Labute approximate surface area is 168 Å². The number of carbonyl (C=O) groups excluding carboxylic acids is 2. The van der Waals surface area contributed by atoms with Crippen LogP contribution in [-0.2, 0) is 22.4 Å². The summed E-state index contributed by atoms with van der Waals surface area (Å²) in [6.07, 6.45) is 6.90. The minimum absolute atomic E-state index is 0.233. The molecule has 0 saturated heterocycles. The highest BCUT2D eigenvalue weighted by atomic mass is 32.1. The van der Waals surface area contributed by atoms with Crippen LogP contribution < -0.4 is 5.32 Å². The Bertz CT molecular complexity index is 890. The normalized spacial score (nSPS) is 15.7. The topological polar surface area (TPSA) is 94.8 Å². The van der Waals surface area contributed by atoms with E-state index in [0.717, 1.165) is 10.4 Å². The van der Waals surface area contributed by atoms with Crippen molar-refractivity contribution >= 4 is 34.6 Å². The van der Waals surface area contributed by atoms with Crippen LogP contribution in [0.1, 0.15) is 22.4 Å². The first-order valence-corrected chi connectivity index (χ1v) is 9.42. The van der Waals surface area contributed by atoms with Crippen LogP contribution in [0.15, 0.2) is 42.1 Å². The lowest BCUT2D eigenvalue weighted by atomic mass is 9.94. The number of nitrogens with zero attached hydrogens (tertiary/aromatic N) is 3. The van der Waals surface area contributed by atoms with E-state index in [-0.39, 0.29) is 18.1 Å². The molecule has 1 aliphatic rings. The van der Waals surface area contributed by atoms with E-state index in [9.17, 15) is 14.9 Å². The monoisotopic (exact) mass is 398 g/mol. The third-order valence-corrected chi connectivity index (χ3v) is 5.17. The van der Waals surface area contributed by atoms with Gasteiger partial charge in [0.15, 0.2) is 0 Å². The van der Waals surface area contributed by atoms with Crippen molar-refractivity contribution < 1.29 is 14.3 Å². The van der Waals surface area contributed by atoms with Crippen LogP contribution in [0.5, 0.6) is 0 Å². The largest absolute Gasteiger partial charge is 0.446 e. The number of nitrogens with one attached hydrogen (secondary N) is 1. The number of aliphatic imine (C=N–C) groups is 1. The lowest BCUT2D eigenvalue weighted by Crippen LogP contribution is -2.31. The van der Waals surface area contributed by atoms with Crippen molar-refractivity contribution in [3.8, 4) is 6.07 Å². The number of anilines is 1. The molecule has 1 unspecified atom stereocenters. The molecule has 0 radical (unpaired) electrons. The van der Waals surface area contributed by atoms with Crippen molar-refractivity contribution in [1.29, 1.82) is 5.26 Å². The van der Waals surface area contributed by atoms with Crippen LogP contribution in [0.25, 0.3) is 0 Å². The van der Waals surface area contributed by atoms with Gasteiger partial charge in [0, 0.05) is 43.9 Å². The van der Waals surface area contributed by atoms with Crippen molar-refractivity contribution in [3.63, 3.8) is 0 Å². The summed E-state index contributed by atoms with van der Waals surface area (Å²) in [5.41, 5.74) is 1.95. The van der Waals surface area contributed by atoms with Gasteiger partial charge in [-0.15, -0.1) is 11.3 Å². The quantitative estimate of drug-likeness (QED) is 0.451. The number of hydrogen-bond donors (Lipinski definition) is 1. The average molecular weight is 398 g/mol. The number of carbonyl (C=O) groups is 2. The number of thiophene rings is 1. The molecule has 0 spiro atoms. The first-order valence-electron chi connectivity index (χ1n) is 8.60. The highest BCUT2D eigenvalue weighted by molar-refractivity contribution is 7.16. The summed E-state index contributed by atoms with van der Waals surface area (Å²) in [5.74, 6) is -0.362. The second kappa shape index (κ2) is 9.67. The molecule has 0 aliphatic heterocycles. The van der Waals surface area contributed by atoms with Gasteiger partial charge in [0.2, 0.25) is 5.91 Å². The Morgan fingerprint density at radius 2 is 2.18 bits per heavy atom. The van der Waals surface area contributed by atoms with E-state index in [0.29, 0.717) is 35.4 Å². The van der Waals surface area contributed by atoms with E-state index in [1.165, 1.54) is 40.8 Å². The zero-order chi connectivity index (χ0) is 20.7. The molecular formula is C20H22N4O3S. The van der Waals surface area contributed by atoms with E-state index in [1.54, 1.807) is 14.1 Å². The zero-order valence-corrected chi connectivity index (χ0v) is 16.7. The first-order chi connectivity index (χ1) is 13.3. The number of hydrogen-bond acceptors (Lipinski definition) is 6. The lowest BCUT2D eigenvalue weighted by Gasteiger charge is -2.24. The third kappa shape index (κ3) is 5.41. The molecule has 8 heteroatoms. The van der Waals surface area contributed by atoms with E-state index >= 15 is 0 Å². The lowest BCUT2D eigenvalue weighted by molar-refractivity contribution is -0.111. The van der Waals surface area contributed by atoms with Crippen molar-refractivity contribution in [1.82, 2.24) is 4.90 Å². The van der Waals surface area contributed by atoms with Crippen molar-refractivity contribution in [2.45, 2.75) is 25.4 Å². The molecule has 2 rings (SSSR count). The molecule has 1 atom stereocenters. The number of nitriles is 1. The molecule has 0 bridgehead atoms. The van der Waals surface area contributed by atoms with E-state index in [2.05, 4.69) is 29.5 Å². The van der Waals surface area contributed by atoms with Crippen LogP contribution in [0.3, 0.4) is 0 Å². The molecule has 1 heterocycles. The van der Waals surface area contributed by atoms with Crippen LogP contribution in [0, 0.1) is 11.3 Å². The second-order valence-electron chi connectivity index (χ2n) is 6.32. The van der Waals surface area contributed by atoms with Gasteiger partial charge < -0.3 is 15.0 Å². The average Bonchev–Trinajstić information content (AvgIpc) is 3.00. The first kappa shape index (κ1) is 21.1. The van der Waals surface area contributed by atoms with Gasteiger partial charge in [-0.1, -0.05) is 13.2 Å². The summed E-state index contributed by atoms with van der Waals surface area (Å²) < 4.78 is 5.45. The van der Waals surface area contributed by atoms with E-state index < -0.39 is 0 Å². The van der Waals surface area contributed by atoms with Crippen LogP contribution in [0.4, 0.5) is 9.80 Å². The predicted octanol–water partition coefficient (Wildman–Crippen LogP) is 3.44. The number of fused-ring (bicyclic) bond motifs is 1. The highest BCUT2D eigenvalue weighted by Crippen LogP contribution is 2.38. The van der Waals surface area contributed by atoms with E-state index in [1.807, 2.05) is 0 Å². The molecule has 0 aromatic carbocycles. The highest BCUT2D eigenvalue weighted by Gasteiger charge is 2.28. The van der Waals surface area contributed by atoms with Crippen LogP contribution >= 0.6 is 11.3 Å². The molecule has 1 aromatic rings. The fraction of sp³-hybridized carbons (Fsp3) is 0.300. The Morgan fingerprint density at radius 1 is 1.43 bits per heavy atom. The van der Waals surface area contributed by atoms with E-state index in [4.69, 9.17) is 4.74 Å². The molecule has 28 heavy (non-hydrogen) atoms. The van der Waals surface area contributed by atoms with Crippen molar-refractivity contribution in [3.05, 3.63) is 53.1 Å². The summed E-state index contributed by atoms with van der Waals surface area (Å²) in [5, 5.41) is 12.8. The Balaban J connectivity index is 2.10. The maximum atomic E-state index is 12.2. The maximum absolute atomic E-state index is 12.2. The number of rotatable bonds is 6. The molecule has 7 nitrogen and oxygen atoms in total. The molecule has 1 aliphatic carbocycles. The van der Waals surface area contributed by atoms with Gasteiger partial charge >= 0.3 is 6.09 Å². The summed E-state index contributed by atoms with van der Waals surface area (Å²) >= 11 is 1.35. The molecule has 1 aromatic heterocycles. The van der Waals surface area contributed by atoms with Gasteiger partial charge in [-0.25, -0.2) is 4.79 Å². The molecule has 1 N–H and O–H groups in total. The van der Waals surface area contributed by atoms with Gasteiger partial charge in [-0.2, -0.15) is 5.26 Å². The maximum Gasteiger partial charge on any atom is 0.409 e. The van der Waals surface area contributed by atoms with Crippen molar-refractivity contribution in [2.24, 2.45) is 4.99 Å². The molecule has 2 amide bonds. The van der Waals surface area contributed by atoms with Gasteiger partial charge in [-0.3, -0.25) is 9.79 Å². The fourth-order valence-electron chi connectivity index (χ4n) is 2.64. The standard InChI is InChI=1S/C20H22N4O3S/c1-5-22-12-13(2)6-9-18(25)23-19-16(11-21)15-8-7-14(10-17(15)28-19)27-20(26)24(3)4/h5-6,9,12,14H,1-2,7-8,10H2,3-4H3,(H,23,25)/b9-6+,22-12?. The Kier molecular flexibility index (Phi) is 7.29. The number of ether oxygens (including phenoxy) is 1. The fourth-order valence-corrected chi connectivity index (χ4v) is 3.90. The third-order valence-electron chi connectivity index (χ3n) is 4.00. The molecular weight excluding hydrogens is 376 g/mol. The number of allylic oxidation sites excluding steroid dienone is 2. The Hall–Kier alpha value is -3.18. The minimum Gasteiger partial charge on any atom is -0.446 e. The smallest absolute Gasteiger partial charge is 0.409 e. The molecule has 0 fully saturated rings. The zero-order valence-electron chi connectivity index (χ0n) is 15.9. The summed E-state index contributed by atoms with van der Waals surface area (Å²) in [4.78, 5) is 30.1. The van der Waals surface area contributed by atoms with Crippen LogP contribution in [-0.4, -0.2) is 43.3 Å². The van der Waals surface area contributed by atoms with Gasteiger partial charge in [0.25, 0.3) is 0 Å². The van der Waals surface area contributed by atoms with Gasteiger partial charge in [-0.05, 0) is 30.1 Å². The van der Waals surface area contributed by atoms with Gasteiger partial charge in [0.05, 0.1) is 5.56 Å². The summed E-state index contributed by atoms with van der Waals surface area (Å²) in [6, 6.07) is 2.18. The van der Waals surface area contributed by atoms with Crippen LogP contribution in [0.2, 0.25) is 0 Å². The summed E-state index contributed by atoms with van der Waals surface area (Å²) in [7, 11) is 3.27. The predicted molar refractivity (Wildman–Crippen MR) is 111 cm³/mol. The molecule has 146 valence electrons. The second-order valence-corrected chi connectivity index (χ2v) is 7.43. The minimum atomic E-state index is -0.385. The number of amides is 2. The SMILES string of the molecule is C=CN=CC(=C)/C=C/C(=O)Nc1sc2c(c1C#N)CCC(OC(=O)N(C)C)C2. The van der Waals surface area contributed by atoms with Crippen molar-refractivity contribution in [2.75, 3.05) is 19.4 Å². The Morgan fingerprint density at radius 3 is 2.82 bits per heavy atom. The van der Waals surface area contributed by atoms with Gasteiger partial charge in [0.1, 0.15) is 17.2 Å². The summed E-state index contributed by atoms with van der Waals surface area (Å²) in [6.45, 7) is 7.21.